The fourth-order valence-electron chi connectivity index (χ4n) is 2.87. The maximum Gasteiger partial charge on any atom is 0.325 e. The van der Waals surface area contributed by atoms with E-state index >= 15 is 0 Å². The summed E-state index contributed by atoms with van der Waals surface area (Å²) in [5, 5.41) is 2.77. The van der Waals surface area contributed by atoms with Gasteiger partial charge in [0, 0.05) is 18.7 Å². The Morgan fingerprint density at radius 3 is 2.79 bits per heavy atom. The molecule has 0 spiro atoms. The van der Waals surface area contributed by atoms with Gasteiger partial charge in [0.2, 0.25) is 5.91 Å². The van der Waals surface area contributed by atoms with Crippen molar-refractivity contribution in [1.82, 2.24) is 20.2 Å². The number of furan rings is 1. The Hall–Kier alpha value is -2.61. The summed E-state index contributed by atoms with van der Waals surface area (Å²) < 4.78 is 5.34. The zero-order valence-electron chi connectivity index (χ0n) is 13.2. The van der Waals surface area contributed by atoms with Gasteiger partial charge in [-0.05, 0) is 38.1 Å². The molecule has 0 aliphatic carbocycles. The average molecular weight is 332 g/mol. The topological polar surface area (TPSA) is 111 Å². The van der Waals surface area contributed by atoms with Crippen LogP contribution in [0.3, 0.4) is 0 Å². The molecule has 1 aliphatic rings. The van der Waals surface area contributed by atoms with Crippen molar-refractivity contribution in [2.24, 2.45) is 5.92 Å². The third-order valence-corrected chi connectivity index (χ3v) is 4.27. The monoisotopic (exact) mass is 332 g/mol. The van der Waals surface area contributed by atoms with Crippen molar-refractivity contribution in [2.45, 2.75) is 25.9 Å². The van der Waals surface area contributed by atoms with Crippen LogP contribution in [0.1, 0.15) is 24.2 Å². The first-order valence-electron chi connectivity index (χ1n) is 7.95. The fraction of sp³-hybridized carbons (Fsp3) is 0.438. The molecule has 0 atom stereocenters. The van der Waals surface area contributed by atoms with Crippen LogP contribution in [0.5, 0.6) is 0 Å². The molecule has 24 heavy (non-hydrogen) atoms. The molecule has 1 aliphatic heterocycles. The van der Waals surface area contributed by atoms with E-state index in [1.54, 1.807) is 6.26 Å². The lowest BCUT2D eigenvalue weighted by Crippen LogP contribution is -2.40. The molecule has 2 aromatic heterocycles. The zero-order valence-corrected chi connectivity index (χ0v) is 13.2. The van der Waals surface area contributed by atoms with Gasteiger partial charge >= 0.3 is 5.69 Å². The first kappa shape index (κ1) is 16.3. The number of hydrogen-bond acceptors (Lipinski definition) is 5. The highest BCUT2D eigenvalue weighted by Gasteiger charge is 2.25. The normalized spacial score (nSPS) is 16.2. The Balaban J connectivity index is 1.46. The third-order valence-electron chi connectivity index (χ3n) is 4.27. The molecule has 1 saturated heterocycles. The molecule has 3 heterocycles. The maximum absolute atomic E-state index is 12.2. The highest BCUT2D eigenvalue weighted by Crippen LogP contribution is 2.19. The van der Waals surface area contributed by atoms with Crippen LogP contribution < -0.4 is 16.6 Å². The minimum absolute atomic E-state index is 0.0558. The standard InChI is InChI=1S/C16H20N4O4/c21-14(17-8-12-9-18-16(23)19-15(12)22)11-3-5-20(6-4-11)10-13-2-1-7-24-13/h1-2,7,9,11H,3-6,8,10H2,(H,17,21)(H2,18,19,22,23). The smallest absolute Gasteiger partial charge is 0.325 e. The molecular weight excluding hydrogens is 312 g/mol. The Morgan fingerprint density at radius 2 is 2.12 bits per heavy atom. The van der Waals surface area contributed by atoms with Gasteiger partial charge in [0.1, 0.15) is 5.76 Å². The van der Waals surface area contributed by atoms with E-state index in [2.05, 4.69) is 20.2 Å². The average Bonchev–Trinajstić information content (AvgIpc) is 3.07. The van der Waals surface area contributed by atoms with Gasteiger partial charge in [-0.3, -0.25) is 19.5 Å². The number of likely N-dealkylation sites (tertiary alicyclic amines) is 1. The van der Waals surface area contributed by atoms with E-state index in [1.165, 1.54) is 6.20 Å². The Labute approximate surface area is 137 Å². The molecule has 0 radical (unpaired) electrons. The number of aromatic amines is 2. The Morgan fingerprint density at radius 1 is 1.33 bits per heavy atom. The summed E-state index contributed by atoms with van der Waals surface area (Å²) in [5.74, 6) is 0.813. The summed E-state index contributed by atoms with van der Waals surface area (Å²) in [6, 6.07) is 3.81. The number of nitrogens with one attached hydrogen (secondary N) is 3. The third kappa shape index (κ3) is 4.02. The van der Waals surface area contributed by atoms with Crippen LogP contribution in [0, 0.1) is 5.92 Å². The minimum Gasteiger partial charge on any atom is -0.468 e. The number of rotatable bonds is 5. The molecule has 3 rings (SSSR count). The lowest BCUT2D eigenvalue weighted by molar-refractivity contribution is -0.126. The zero-order chi connectivity index (χ0) is 16.9. The molecule has 8 nitrogen and oxygen atoms in total. The molecule has 1 fully saturated rings. The molecule has 2 aromatic rings. The van der Waals surface area contributed by atoms with Crippen molar-refractivity contribution in [3.05, 3.63) is 56.8 Å². The maximum atomic E-state index is 12.2. The quantitative estimate of drug-likeness (QED) is 0.723. The second kappa shape index (κ2) is 7.31. The van der Waals surface area contributed by atoms with E-state index in [-0.39, 0.29) is 18.4 Å². The highest BCUT2D eigenvalue weighted by atomic mass is 16.3. The minimum atomic E-state index is -0.556. The SMILES string of the molecule is O=C(NCc1c[nH]c(=O)[nH]c1=O)C1CCN(Cc2ccco2)CC1. The van der Waals surface area contributed by atoms with Crippen LogP contribution >= 0.6 is 0 Å². The number of aromatic nitrogens is 2. The van der Waals surface area contributed by atoms with E-state index in [0.717, 1.165) is 38.2 Å². The molecule has 0 bridgehead atoms. The number of amides is 1. The Bertz CT molecular complexity index is 785. The summed E-state index contributed by atoms with van der Waals surface area (Å²) in [5.41, 5.74) is -0.704. The predicted molar refractivity (Wildman–Crippen MR) is 86.2 cm³/mol. The number of nitrogens with zero attached hydrogens (tertiary/aromatic N) is 1. The van der Waals surface area contributed by atoms with Gasteiger partial charge in [-0.1, -0.05) is 0 Å². The van der Waals surface area contributed by atoms with E-state index in [9.17, 15) is 14.4 Å². The number of carbonyl (C=O) groups is 1. The van der Waals surface area contributed by atoms with Crippen molar-refractivity contribution in [1.29, 1.82) is 0 Å². The summed E-state index contributed by atoms with van der Waals surface area (Å²) >= 11 is 0. The lowest BCUT2D eigenvalue weighted by Gasteiger charge is -2.30. The number of piperidine rings is 1. The first-order chi connectivity index (χ1) is 11.6. The van der Waals surface area contributed by atoms with Gasteiger partial charge in [0.25, 0.3) is 5.56 Å². The number of hydrogen-bond donors (Lipinski definition) is 3. The highest BCUT2D eigenvalue weighted by molar-refractivity contribution is 5.78. The van der Waals surface area contributed by atoms with Crippen LogP contribution in [0.25, 0.3) is 0 Å². The second-order valence-corrected chi connectivity index (χ2v) is 5.94. The summed E-state index contributed by atoms with van der Waals surface area (Å²) in [4.78, 5) is 41.6. The van der Waals surface area contributed by atoms with Gasteiger partial charge in [-0.15, -0.1) is 0 Å². The molecule has 3 N–H and O–H groups in total. The molecular formula is C16H20N4O4. The largest absolute Gasteiger partial charge is 0.468 e. The number of H-pyrrole nitrogens is 2. The first-order valence-corrected chi connectivity index (χ1v) is 7.95. The van der Waals surface area contributed by atoms with Gasteiger partial charge in [-0.2, -0.15) is 0 Å². The van der Waals surface area contributed by atoms with Crippen LogP contribution in [0.2, 0.25) is 0 Å². The molecule has 0 aromatic carbocycles. The summed E-state index contributed by atoms with van der Waals surface area (Å²) in [6.45, 7) is 2.53. The summed E-state index contributed by atoms with van der Waals surface area (Å²) in [6.07, 6.45) is 4.53. The Kier molecular flexibility index (Phi) is 4.95. The van der Waals surface area contributed by atoms with E-state index in [0.29, 0.717) is 5.56 Å². The van der Waals surface area contributed by atoms with E-state index in [1.807, 2.05) is 12.1 Å². The molecule has 128 valence electrons. The van der Waals surface area contributed by atoms with Crippen molar-refractivity contribution >= 4 is 5.91 Å². The molecule has 0 saturated carbocycles. The fourth-order valence-corrected chi connectivity index (χ4v) is 2.87. The van der Waals surface area contributed by atoms with Gasteiger partial charge in [0.15, 0.2) is 0 Å². The van der Waals surface area contributed by atoms with Crippen LogP contribution in [-0.2, 0) is 17.9 Å². The van der Waals surface area contributed by atoms with Crippen molar-refractivity contribution in [3.63, 3.8) is 0 Å². The van der Waals surface area contributed by atoms with Gasteiger partial charge in [-0.25, -0.2) is 4.79 Å². The van der Waals surface area contributed by atoms with Crippen LogP contribution in [-0.4, -0.2) is 33.9 Å². The van der Waals surface area contributed by atoms with E-state index in [4.69, 9.17) is 4.42 Å². The lowest BCUT2D eigenvalue weighted by atomic mass is 9.96. The van der Waals surface area contributed by atoms with Crippen LogP contribution in [0.4, 0.5) is 0 Å². The van der Waals surface area contributed by atoms with Crippen molar-refractivity contribution < 1.29 is 9.21 Å². The van der Waals surface area contributed by atoms with Gasteiger partial charge < -0.3 is 14.7 Å². The van der Waals surface area contributed by atoms with Crippen molar-refractivity contribution in [3.8, 4) is 0 Å². The second-order valence-electron chi connectivity index (χ2n) is 5.94. The molecule has 0 unspecified atom stereocenters. The van der Waals surface area contributed by atoms with Crippen LogP contribution in [0.15, 0.2) is 38.6 Å². The molecule has 8 heteroatoms. The van der Waals surface area contributed by atoms with Crippen molar-refractivity contribution in [2.75, 3.05) is 13.1 Å². The molecule has 1 amide bonds. The predicted octanol–water partition coefficient (Wildman–Crippen LogP) is 0.185. The number of carbonyl (C=O) groups excluding carboxylic acids is 1. The van der Waals surface area contributed by atoms with Gasteiger partial charge in [0.05, 0.1) is 18.4 Å². The summed E-state index contributed by atoms with van der Waals surface area (Å²) in [7, 11) is 0. The van der Waals surface area contributed by atoms with E-state index < -0.39 is 11.2 Å².